The van der Waals surface area contributed by atoms with Crippen molar-refractivity contribution in [2.45, 2.75) is 39.2 Å². The van der Waals surface area contributed by atoms with Crippen molar-refractivity contribution < 1.29 is 14.7 Å². The maximum atomic E-state index is 11.8. The van der Waals surface area contributed by atoms with Gasteiger partial charge in [0, 0.05) is 19.0 Å². The SMILES string of the molecule is CSCCCC(=O)N(CCC(=O)O)C(C)C. The lowest BCUT2D eigenvalue weighted by atomic mass is 10.2. The molecule has 0 aliphatic heterocycles. The minimum Gasteiger partial charge on any atom is -0.481 e. The predicted octanol–water partition coefficient (Wildman–Crippen LogP) is 1.84. The summed E-state index contributed by atoms with van der Waals surface area (Å²) in [5, 5.41) is 8.60. The third-order valence-corrected chi connectivity index (χ3v) is 2.95. The van der Waals surface area contributed by atoms with Gasteiger partial charge in [-0.15, -0.1) is 0 Å². The molecule has 0 radical (unpaired) electrons. The van der Waals surface area contributed by atoms with Gasteiger partial charge in [-0.1, -0.05) is 0 Å². The zero-order valence-corrected chi connectivity index (χ0v) is 11.0. The first-order valence-corrected chi connectivity index (χ1v) is 6.88. The van der Waals surface area contributed by atoms with Crippen LogP contribution in [0.4, 0.5) is 0 Å². The van der Waals surface area contributed by atoms with Crippen molar-refractivity contribution in [3.8, 4) is 0 Å². The Kier molecular flexibility index (Phi) is 8.07. The van der Waals surface area contributed by atoms with Crippen LogP contribution >= 0.6 is 11.8 Å². The molecule has 94 valence electrons. The summed E-state index contributed by atoms with van der Waals surface area (Å²) in [6.45, 7) is 4.13. The summed E-state index contributed by atoms with van der Waals surface area (Å²) in [4.78, 5) is 23.9. The van der Waals surface area contributed by atoms with E-state index in [1.165, 1.54) is 0 Å². The topological polar surface area (TPSA) is 57.6 Å². The van der Waals surface area contributed by atoms with Crippen LogP contribution in [0.15, 0.2) is 0 Å². The summed E-state index contributed by atoms with van der Waals surface area (Å²) < 4.78 is 0. The lowest BCUT2D eigenvalue weighted by Gasteiger charge is -2.26. The molecule has 0 aliphatic rings. The van der Waals surface area contributed by atoms with E-state index >= 15 is 0 Å². The van der Waals surface area contributed by atoms with Gasteiger partial charge in [-0.25, -0.2) is 0 Å². The van der Waals surface area contributed by atoms with Crippen molar-refractivity contribution in [3.05, 3.63) is 0 Å². The molecule has 16 heavy (non-hydrogen) atoms. The fourth-order valence-corrected chi connectivity index (χ4v) is 1.83. The molecule has 4 nitrogen and oxygen atoms in total. The van der Waals surface area contributed by atoms with Crippen LogP contribution in [-0.2, 0) is 9.59 Å². The summed E-state index contributed by atoms with van der Waals surface area (Å²) in [7, 11) is 0. The third kappa shape index (κ3) is 6.71. The van der Waals surface area contributed by atoms with Gasteiger partial charge in [0.1, 0.15) is 0 Å². The Morgan fingerprint density at radius 3 is 2.38 bits per heavy atom. The quantitative estimate of drug-likeness (QED) is 0.665. The number of carboxylic acids is 1. The number of carbonyl (C=O) groups is 2. The Morgan fingerprint density at radius 1 is 1.31 bits per heavy atom. The van der Waals surface area contributed by atoms with Crippen LogP contribution in [0.3, 0.4) is 0 Å². The number of thioether (sulfide) groups is 1. The standard InChI is InChI=1S/C11H21NO3S/c1-9(2)12(7-6-11(14)15)10(13)5-4-8-16-3/h9H,4-8H2,1-3H3,(H,14,15). The summed E-state index contributed by atoms with van der Waals surface area (Å²) in [6, 6.07) is 0.0705. The minimum atomic E-state index is -0.859. The predicted molar refractivity (Wildman–Crippen MR) is 66.7 cm³/mol. The van der Waals surface area contributed by atoms with Crippen molar-refractivity contribution in [3.63, 3.8) is 0 Å². The number of nitrogens with zero attached hydrogens (tertiary/aromatic N) is 1. The van der Waals surface area contributed by atoms with E-state index in [1.54, 1.807) is 16.7 Å². The largest absolute Gasteiger partial charge is 0.481 e. The monoisotopic (exact) mass is 247 g/mol. The van der Waals surface area contributed by atoms with Crippen molar-refractivity contribution in [2.24, 2.45) is 0 Å². The molecule has 0 spiro atoms. The van der Waals surface area contributed by atoms with Gasteiger partial charge in [0.25, 0.3) is 0 Å². The Bertz CT molecular complexity index is 231. The van der Waals surface area contributed by atoms with E-state index in [9.17, 15) is 9.59 Å². The van der Waals surface area contributed by atoms with Crippen LogP contribution in [-0.4, -0.2) is 46.5 Å². The molecule has 0 aromatic carbocycles. The fourth-order valence-electron chi connectivity index (χ4n) is 1.40. The zero-order valence-electron chi connectivity index (χ0n) is 10.2. The van der Waals surface area contributed by atoms with E-state index in [0.29, 0.717) is 13.0 Å². The lowest BCUT2D eigenvalue weighted by Crippen LogP contribution is -2.38. The Hall–Kier alpha value is -0.710. The Morgan fingerprint density at radius 2 is 1.94 bits per heavy atom. The fraction of sp³-hybridized carbons (Fsp3) is 0.818. The van der Waals surface area contributed by atoms with Gasteiger partial charge in [-0.05, 0) is 32.3 Å². The van der Waals surface area contributed by atoms with Gasteiger partial charge in [-0.2, -0.15) is 11.8 Å². The average Bonchev–Trinajstić information content (AvgIpc) is 2.17. The number of amides is 1. The first-order chi connectivity index (χ1) is 7.49. The van der Waals surface area contributed by atoms with Crippen LogP contribution < -0.4 is 0 Å². The van der Waals surface area contributed by atoms with Crippen LogP contribution in [0.5, 0.6) is 0 Å². The summed E-state index contributed by atoms with van der Waals surface area (Å²) >= 11 is 1.72. The molecule has 0 heterocycles. The number of hydrogen-bond acceptors (Lipinski definition) is 3. The molecule has 0 atom stereocenters. The highest BCUT2D eigenvalue weighted by molar-refractivity contribution is 7.98. The number of hydrogen-bond donors (Lipinski definition) is 1. The van der Waals surface area contributed by atoms with E-state index in [1.807, 2.05) is 20.1 Å². The van der Waals surface area contributed by atoms with Gasteiger partial charge in [0.15, 0.2) is 0 Å². The lowest BCUT2D eigenvalue weighted by molar-refractivity contribution is -0.139. The summed E-state index contributed by atoms with van der Waals surface area (Å²) in [6.07, 6.45) is 3.40. The molecule has 0 unspecified atom stereocenters. The maximum absolute atomic E-state index is 11.8. The second-order valence-electron chi connectivity index (χ2n) is 3.92. The van der Waals surface area contributed by atoms with Crippen molar-refractivity contribution in [1.82, 2.24) is 4.90 Å². The first-order valence-electron chi connectivity index (χ1n) is 5.49. The first kappa shape index (κ1) is 15.3. The molecular weight excluding hydrogens is 226 g/mol. The molecule has 0 aliphatic carbocycles. The summed E-state index contributed by atoms with van der Waals surface area (Å²) in [5.74, 6) is 0.171. The van der Waals surface area contributed by atoms with Crippen LogP contribution in [0, 0.1) is 0 Å². The molecule has 5 heteroatoms. The molecule has 0 aromatic heterocycles. The van der Waals surface area contributed by atoms with E-state index in [4.69, 9.17) is 5.11 Å². The average molecular weight is 247 g/mol. The third-order valence-electron chi connectivity index (χ3n) is 2.25. The Labute approximate surface area is 101 Å². The van der Waals surface area contributed by atoms with Gasteiger partial charge >= 0.3 is 5.97 Å². The molecule has 0 bridgehead atoms. The Balaban J connectivity index is 4.08. The van der Waals surface area contributed by atoms with Crippen molar-refractivity contribution in [2.75, 3.05) is 18.6 Å². The molecule has 1 N–H and O–H groups in total. The molecule has 0 fully saturated rings. The number of rotatable bonds is 8. The van der Waals surface area contributed by atoms with Gasteiger partial charge < -0.3 is 10.0 Å². The second kappa shape index (κ2) is 8.44. The van der Waals surface area contributed by atoms with E-state index in [0.717, 1.165) is 12.2 Å². The molecular formula is C11H21NO3S. The maximum Gasteiger partial charge on any atom is 0.305 e. The van der Waals surface area contributed by atoms with E-state index < -0.39 is 5.97 Å². The minimum absolute atomic E-state index is 0.0203. The molecule has 0 saturated heterocycles. The van der Waals surface area contributed by atoms with Gasteiger partial charge in [0.2, 0.25) is 5.91 Å². The van der Waals surface area contributed by atoms with Gasteiger partial charge in [-0.3, -0.25) is 9.59 Å². The smallest absolute Gasteiger partial charge is 0.305 e. The highest BCUT2D eigenvalue weighted by Crippen LogP contribution is 2.07. The van der Waals surface area contributed by atoms with E-state index in [2.05, 4.69) is 0 Å². The van der Waals surface area contributed by atoms with Crippen LogP contribution in [0.25, 0.3) is 0 Å². The molecule has 1 amide bonds. The molecule has 0 rings (SSSR count). The van der Waals surface area contributed by atoms with Crippen LogP contribution in [0.1, 0.15) is 33.1 Å². The van der Waals surface area contributed by atoms with Crippen molar-refractivity contribution in [1.29, 1.82) is 0 Å². The van der Waals surface area contributed by atoms with Gasteiger partial charge in [0.05, 0.1) is 6.42 Å². The van der Waals surface area contributed by atoms with Crippen LogP contribution in [0.2, 0.25) is 0 Å². The number of aliphatic carboxylic acids is 1. The molecule has 0 saturated carbocycles. The normalized spacial score (nSPS) is 10.5. The zero-order chi connectivity index (χ0) is 12.6. The highest BCUT2D eigenvalue weighted by atomic mass is 32.2. The van der Waals surface area contributed by atoms with E-state index in [-0.39, 0.29) is 18.4 Å². The summed E-state index contributed by atoms with van der Waals surface area (Å²) in [5.41, 5.74) is 0. The second-order valence-corrected chi connectivity index (χ2v) is 4.91. The highest BCUT2D eigenvalue weighted by Gasteiger charge is 2.17. The number of carboxylic acid groups (broad SMARTS) is 1. The molecule has 0 aromatic rings. The van der Waals surface area contributed by atoms with Crippen molar-refractivity contribution >= 4 is 23.6 Å². The number of carbonyl (C=O) groups excluding carboxylic acids is 1.